The summed E-state index contributed by atoms with van der Waals surface area (Å²) < 4.78 is 0. The van der Waals surface area contributed by atoms with Crippen molar-refractivity contribution in [2.24, 2.45) is 5.92 Å². The molecule has 0 saturated heterocycles. The van der Waals surface area contributed by atoms with Gasteiger partial charge in [0.15, 0.2) is 0 Å². The Bertz CT molecular complexity index is 165. The van der Waals surface area contributed by atoms with Crippen LogP contribution in [0.25, 0.3) is 0 Å². The molecule has 14 heavy (non-hydrogen) atoms. The normalized spacial score (nSPS) is 21.8. The minimum atomic E-state index is 0.220. The molecule has 0 aliphatic heterocycles. The summed E-state index contributed by atoms with van der Waals surface area (Å²) in [5.74, 6) is 0.744. The summed E-state index contributed by atoms with van der Waals surface area (Å²) in [6.45, 7) is 3.06. The molecule has 1 aliphatic carbocycles. The Hall–Kier alpha value is -0.380. The fourth-order valence-corrected chi connectivity index (χ4v) is 2.10. The van der Waals surface area contributed by atoms with Crippen molar-refractivity contribution < 1.29 is 15.1 Å². The minimum absolute atomic E-state index is 0.220. The second-order valence-corrected chi connectivity index (χ2v) is 4.05. The van der Waals surface area contributed by atoms with E-state index in [2.05, 4.69) is 12.2 Å². The van der Waals surface area contributed by atoms with Crippen LogP contribution in [0.1, 0.15) is 19.3 Å². The number of rotatable bonds is 6. The Balaban J connectivity index is 2.26. The zero-order valence-corrected chi connectivity index (χ0v) is 8.78. The van der Waals surface area contributed by atoms with Crippen molar-refractivity contribution in [2.75, 3.05) is 32.8 Å². The topological polar surface area (TPSA) is 44.9 Å². The molecule has 1 atom stereocenters. The zero-order chi connectivity index (χ0) is 10.2. The van der Waals surface area contributed by atoms with Gasteiger partial charge in [0.05, 0.1) is 19.8 Å². The first-order chi connectivity index (χ1) is 6.86. The molecule has 0 amide bonds. The zero-order valence-electron chi connectivity index (χ0n) is 8.78. The summed E-state index contributed by atoms with van der Waals surface area (Å²) in [7, 11) is 0. The average molecular weight is 200 g/mol. The van der Waals surface area contributed by atoms with Gasteiger partial charge in [-0.3, -0.25) is 0 Å². The molecule has 3 heteroatoms. The first kappa shape index (κ1) is 11.7. The third-order valence-electron chi connectivity index (χ3n) is 2.89. The van der Waals surface area contributed by atoms with Gasteiger partial charge in [0.25, 0.3) is 0 Å². The van der Waals surface area contributed by atoms with Gasteiger partial charge in [0, 0.05) is 5.92 Å². The summed E-state index contributed by atoms with van der Waals surface area (Å²) in [5, 5.41) is 17.8. The molecule has 0 saturated carbocycles. The minimum Gasteiger partial charge on any atom is -0.391 e. The number of quaternary nitrogens is 1. The van der Waals surface area contributed by atoms with Crippen molar-refractivity contribution >= 4 is 0 Å². The number of hydrogen-bond acceptors (Lipinski definition) is 2. The predicted octanol–water partition coefficient (Wildman–Crippen LogP) is -0.788. The molecule has 0 aromatic rings. The van der Waals surface area contributed by atoms with Crippen molar-refractivity contribution in [1.29, 1.82) is 0 Å². The lowest BCUT2D eigenvalue weighted by Gasteiger charge is -2.24. The number of aliphatic hydroxyl groups excluding tert-OH is 2. The Morgan fingerprint density at radius 2 is 1.86 bits per heavy atom. The van der Waals surface area contributed by atoms with Crippen LogP contribution in [0.15, 0.2) is 12.2 Å². The van der Waals surface area contributed by atoms with Gasteiger partial charge in [-0.2, -0.15) is 0 Å². The summed E-state index contributed by atoms with van der Waals surface area (Å²) in [5.41, 5.74) is 0. The van der Waals surface area contributed by atoms with E-state index in [1.165, 1.54) is 24.2 Å². The number of aliphatic hydroxyl groups is 2. The summed E-state index contributed by atoms with van der Waals surface area (Å²) in [6.07, 6.45) is 8.12. The predicted molar refractivity (Wildman–Crippen MR) is 56.2 cm³/mol. The van der Waals surface area contributed by atoms with E-state index in [0.29, 0.717) is 0 Å². The van der Waals surface area contributed by atoms with Gasteiger partial charge in [0.1, 0.15) is 13.1 Å². The molecule has 0 aromatic carbocycles. The van der Waals surface area contributed by atoms with Crippen LogP contribution in [-0.2, 0) is 0 Å². The first-order valence-electron chi connectivity index (χ1n) is 5.57. The molecular weight excluding hydrogens is 178 g/mol. The van der Waals surface area contributed by atoms with Crippen LogP contribution in [0, 0.1) is 5.92 Å². The Morgan fingerprint density at radius 1 is 1.14 bits per heavy atom. The molecule has 0 radical (unpaired) electrons. The molecule has 0 bridgehead atoms. The van der Waals surface area contributed by atoms with Crippen LogP contribution >= 0.6 is 0 Å². The number of nitrogens with one attached hydrogen (secondary N) is 1. The molecule has 0 unspecified atom stereocenters. The molecule has 0 fully saturated rings. The largest absolute Gasteiger partial charge is 0.391 e. The van der Waals surface area contributed by atoms with E-state index in [9.17, 15) is 0 Å². The van der Waals surface area contributed by atoms with Crippen LogP contribution in [0.4, 0.5) is 0 Å². The summed E-state index contributed by atoms with van der Waals surface area (Å²) >= 11 is 0. The summed E-state index contributed by atoms with van der Waals surface area (Å²) in [4.78, 5) is 1.33. The molecule has 1 rings (SSSR count). The van der Waals surface area contributed by atoms with E-state index >= 15 is 0 Å². The van der Waals surface area contributed by atoms with E-state index in [1.807, 2.05) is 0 Å². The smallest absolute Gasteiger partial charge is 0.101 e. The van der Waals surface area contributed by atoms with Crippen molar-refractivity contribution in [3.8, 4) is 0 Å². The average Bonchev–Trinajstić information content (AvgIpc) is 2.20. The first-order valence-corrected chi connectivity index (χ1v) is 5.57. The van der Waals surface area contributed by atoms with E-state index < -0.39 is 0 Å². The van der Waals surface area contributed by atoms with Crippen LogP contribution in [0.5, 0.6) is 0 Å². The molecular formula is C11H22NO2+. The van der Waals surface area contributed by atoms with E-state index in [1.54, 1.807) is 0 Å². The van der Waals surface area contributed by atoms with Gasteiger partial charge in [-0.15, -0.1) is 0 Å². The Labute approximate surface area is 86.0 Å². The quantitative estimate of drug-likeness (QED) is 0.492. The van der Waals surface area contributed by atoms with Gasteiger partial charge in [-0.1, -0.05) is 12.2 Å². The van der Waals surface area contributed by atoms with Crippen molar-refractivity contribution in [2.45, 2.75) is 19.3 Å². The third-order valence-corrected chi connectivity index (χ3v) is 2.89. The molecule has 3 N–H and O–H groups in total. The van der Waals surface area contributed by atoms with Crippen molar-refractivity contribution in [3.63, 3.8) is 0 Å². The standard InChI is InChI=1S/C11H21NO2/c13-8-6-12(7-9-14)10-11-4-2-1-3-5-11/h1-2,11,13-14H,3-10H2/p+1/t11-/m0/s1. The lowest BCUT2D eigenvalue weighted by atomic mass is 9.94. The highest BCUT2D eigenvalue weighted by Gasteiger charge is 2.16. The van der Waals surface area contributed by atoms with E-state index in [0.717, 1.165) is 25.6 Å². The molecule has 82 valence electrons. The van der Waals surface area contributed by atoms with Gasteiger partial charge in [0.2, 0.25) is 0 Å². The van der Waals surface area contributed by atoms with Crippen LogP contribution in [0.3, 0.4) is 0 Å². The maximum Gasteiger partial charge on any atom is 0.101 e. The Kier molecular flexibility index (Phi) is 5.83. The van der Waals surface area contributed by atoms with Crippen LogP contribution in [-0.4, -0.2) is 43.1 Å². The number of hydrogen-bond donors (Lipinski definition) is 3. The number of allylic oxidation sites excluding steroid dienone is 2. The second kappa shape index (κ2) is 6.98. The van der Waals surface area contributed by atoms with Gasteiger partial charge in [-0.25, -0.2) is 0 Å². The van der Waals surface area contributed by atoms with Crippen LogP contribution in [0.2, 0.25) is 0 Å². The molecule has 0 aromatic heterocycles. The lowest BCUT2D eigenvalue weighted by Crippen LogP contribution is -3.13. The van der Waals surface area contributed by atoms with Gasteiger partial charge in [-0.05, 0) is 19.3 Å². The van der Waals surface area contributed by atoms with E-state index in [4.69, 9.17) is 10.2 Å². The highest BCUT2D eigenvalue weighted by molar-refractivity contribution is 4.89. The lowest BCUT2D eigenvalue weighted by molar-refractivity contribution is -0.904. The highest BCUT2D eigenvalue weighted by atomic mass is 16.3. The third kappa shape index (κ3) is 4.22. The highest BCUT2D eigenvalue weighted by Crippen LogP contribution is 2.15. The Morgan fingerprint density at radius 3 is 2.36 bits per heavy atom. The molecule has 0 heterocycles. The molecule has 0 spiro atoms. The monoisotopic (exact) mass is 200 g/mol. The van der Waals surface area contributed by atoms with Crippen LogP contribution < -0.4 is 4.90 Å². The SMILES string of the molecule is OCC[NH+](CCO)C[C@H]1CC=CCC1. The maximum absolute atomic E-state index is 8.88. The van der Waals surface area contributed by atoms with Gasteiger partial charge >= 0.3 is 0 Å². The summed E-state index contributed by atoms with van der Waals surface area (Å²) in [6, 6.07) is 0. The van der Waals surface area contributed by atoms with E-state index in [-0.39, 0.29) is 13.2 Å². The fourth-order valence-electron chi connectivity index (χ4n) is 2.10. The molecule has 1 aliphatic rings. The van der Waals surface area contributed by atoms with Gasteiger partial charge < -0.3 is 15.1 Å². The maximum atomic E-state index is 8.88. The molecule has 3 nitrogen and oxygen atoms in total. The van der Waals surface area contributed by atoms with Crippen molar-refractivity contribution in [1.82, 2.24) is 0 Å². The van der Waals surface area contributed by atoms with Crippen molar-refractivity contribution in [3.05, 3.63) is 12.2 Å². The second-order valence-electron chi connectivity index (χ2n) is 4.05. The fraction of sp³-hybridized carbons (Fsp3) is 0.818.